The summed E-state index contributed by atoms with van der Waals surface area (Å²) in [5.74, 6) is -0.523. The number of hydrogen-bond donors (Lipinski definition) is 1. The van der Waals surface area contributed by atoms with Crippen molar-refractivity contribution in [2.45, 2.75) is 0 Å². The summed E-state index contributed by atoms with van der Waals surface area (Å²) >= 11 is 0. The van der Waals surface area contributed by atoms with Crippen molar-refractivity contribution in [3.05, 3.63) is 42.0 Å². The molecule has 0 saturated carbocycles. The molecule has 24 heavy (non-hydrogen) atoms. The first-order valence-corrected chi connectivity index (χ1v) is 7.64. The van der Waals surface area contributed by atoms with E-state index in [1.165, 1.54) is 6.07 Å². The van der Waals surface area contributed by atoms with E-state index in [-0.39, 0.29) is 5.56 Å². The lowest BCUT2D eigenvalue weighted by molar-refractivity contribution is 0.123. The maximum atomic E-state index is 14.6. The van der Waals surface area contributed by atoms with Crippen LogP contribution in [0.15, 0.2) is 30.6 Å². The highest BCUT2D eigenvalue weighted by atomic mass is 19.1. The standard InChI is InChI=1S/C17H14FN5O/c18-16-11(8-19)2-1-3-12(16)13-9-20-17-15(13)14(10-21-22-17)23-4-6-24-7-5-23/h1-3,9-10H,4-7H2,(H,20,22). The van der Waals surface area contributed by atoms with Crippen LogP contribution in [0.4, 0.5) is 10.1 Å². The van der Waals surface area contributed by atoms with Gasteiger partial charge in [0.1, 0.15) is 11.9 Å². The van der Waals surface area contributed by atoms with E-state index in [9.17, 15) is 4.39 Å². The van der Waals surface area contributed by atoms with Crippen molar-refractivity contribution in [1.29, 1.82) is 5.26 Å². The Morgan fingerprint density at radius 3 is 2.88 bits per heavy atom. The normalized spacial score (nSPS) is 14.8. The number of hydrogen-bond acceptors (Lipinski definition) is 5. The van der Waals surface area contributed by atoms with Gasteiger partial charge in [0.2, 0.25) is 0 Å². The summed E-state index contributed by atoms with van der Waals surface area (Å²) in [5.41, 5.74) is 2.56. The first-order chi connectivity index (χ1) is 11.8. The van der Waals surface area contributed by atoms with Crippen LogP contribution in [-0.2, 0) is 4.74 Å². The van der Waals surface area contributed by atoms with E-state index in [1.807, 2.05) is 6.07 Å². The van der Waals surface area contributed by atoms with Crippen molar-refractivity contribution < 1.29 is 9.13 Å². The molecule has 0 amide bonds. The highest BCUT2D eigenvalue weighted by Gasteiger charge is 2.21. The highest BCUT2D eigenvalue weighted by molar-refractivity contribution is 6.02. The Morgan fingerprint density at radius 2 is 2.08 bits per heavy atom. The molecule has 1 aliphatic heterocycles. The smallest absolute Gasteiger partial charge is 0.162 e. The number of H-pyrrole nitrogens is 1. The van der Waals surface area contributed by atoms with E-state index in [0.29, 0.717) is 30.0 Å². The van der Waals surface area contributed by atoms with Gasteiger partial charge in [-0.3, -0.25) is 0 Å². The van der Waals surface area contributed by atoms with E-state index >= 15 is 0 Å². The molecule has 7 heteroatoms. The van der Waals surface area contributed by atoms with Crippen molar-refractivity contribution in [2.24, 2.45) is 0 Å². The lowest BCUT2D eigenvalue weighted by Crippen LogP contribution is -2.36. The van der Waals surface area contributed by atoms with Crippen LogP contribution in [0.5, 0.6) is 0 Å². The molecule has 0 atom stereocenters. The Bertz CT molecular complexity index is 940. The quantitative estimate of drug-likeness (QED) is 0.784. The average Bonchev–Trinajstić information content (AvgIpc) is 3.07. The number of morpholine rings is 1. The minimum atomic E-state index is -0.523. The molecule has 1 aromatic carbocycles. The minimum Gasteiger partial charge on any atom is -0.378 e. The van der Waals surface area contributed by atoms with Gasteiger partial charge in [0.15, 0.2) is 5.65 Å². The van der Waals surface area contributed by atoms with Gasteiger partial charge in [-0.1, -0.05) is 12.1 Å². The summed E-state index contributed by atoms with van der Waals surface area (Å²) in [6, 6.07) is 6.70. The van der Waals surface area contributed by atoms with Crippen LogP contribution >= 0.6 is 0 Å². The van der Waals surface area contributed by atoms with Crippen LogP contribution in [0.2, 0.25) is 0 Å². The molecule has 1 saturated heterocycles. The molecule has 120 valence electrons. The van der Waals surface area contributed by atoms with Crippen LogP contribution in [0.25, 0.3) is 22.2 Å². The van der Waals surface area contributed by atoms with Gasteiger partial charge in [-0.15, -0.1) is 5.10 Å². The van der Waals surface area contributed by atoms with Crippen molar-refractivity contribution >= 4 is 16.7 Å². The van der Waals surface area contributed by atoms with Crippen molar-refractivity contribution in [3.8, 4) is 17.2 Å². The molecule has 0 aliphatic carbocycles. The second kappa shape index (κ2) is 5.91. The molecule has 3 heterocycles. The fourth-order valence-electron chi connectivity index (χ4n) is 3.04. The van der Waals surface area contributed by atoms with Gasteiger partial charge in [0, 0.05) is 30.4 Å². The Labute approximate surface area is 137 Å². The number of nitrogens with one attached hydrogen (secondary N) is 1. The third kappa shape index (κ3) is 2.28. The Morgan fingerprint density at radius 1 is 1.25 bits per heavy atom. The molecule has 0 radical (unpaired) electrons. The van der Waals surface area contributed by atoms with Crippen molar-refractivity contribution in [1.82, 2.24) is 15.2 Å². The molecule has 4 rings (SSSR count). The third-order valence-electron chi connectivity index (χ3n) is 4.21. The number of ether oxygens (including phenoxy) is 1. The number of fused-ring (bicyclic) bond motifs is 1. The molecule has 0 spiro atoms. The fraction of sp³-hybridized carbons (Fsp3) is 0.235. The summed E-state index contributed by atoms with van der Waals surface area (Å²) in [6.45, 7) is 2.77. The maximum Gasteiger partial charge on any atom is 0.162 e. The highest BCUT2D eigenvalue weighted by Crippen LogP contribution is 2.36. The largest absolute Gasteiger partial charge is 0.378 e. The monoisotopic (exact) mass is 323 g/mol. The molecule has 1 fully saturated rings. The lowest BCUT2D eigenvalue weighted by atomic mass is 10.0. The third-order valence-corrected chi connectivity index (χ3v) is 4.21. The fourth-order valence-corrected chi connectivity index (χ4v) is 3.04. The lowest BCUT2D eigenvalue weighted by Gasteiger charge is -2.29. The second-order valence-corrected chi connectivity index (χ2v) is 5.53. The van der Waals surface area contributed by atoms with Gasteiger partial charge in [-0.05, 0) is 6.07 Å². The van der Waals surface area contributed by atoms with Crippen LogP contribution in [0, 0.1) is 17.1 Å². The molecule has 0 unspecified atom stereocenters. The minimum absolute atomic E-state index is 0.0248. The average molecular weight is 323 g/mol. The predicted molar refractivity (Wildman–Crippen MR) is 87.0 cm³/mol. The van der Waals surface area contributed by atoms with E-state index in [0.717, 1.165) is 24.2 Å². The summed E-state index contributed by atoms with van der Waals surface area (Å²) < 4.78 is 20.0. The van der Waals surface area contributed by atoms with E-state index in [2.05, 4.69) is 20.1 Å². The zero-order valence-corrected chi connectivity index (χ0v) is 12.8. The molecule has 1 N–H and O–H groups in total. The summed E-state index contributed by atoms with van der Waals surface area (Å²) in [5, 5.41) is 18.0. The van der Waals surface area contributed by atoms with Crippen LogP contribution in [-0.4, -0.2) is 41.5 Å². The summed E-state index contributed by atoms with van der Waals surface area (Å²) in [6.07, 6.45) is 3.40. The number of halogens is 1. The Kier molecular flexibility index (Phi) is 3.59. The van der Waals surface area contributed by atoms with Gasteiger partial charge >= 0.3 is 0 Å². The van der Waals surface area contributed by atoms with E-state index in [4.69, 9.17) is 10.00 Å². The van der Waals surface area contributed by atoms with Gasteiger partial charge in [-0.25, -0.2) is 4.39 Å². The number of rotatable bonds is 2. The van der Waals surface area contributed by atoms with Gasteiger partial charge < -0.3 is 14.6 Å². The number of nitrogens with zero attached hydrogens (tertiary/aromatic N) is 4. The first kappa shape index (κ1) is 14.6. The van der Waals surface area contributed by atoms with E-state index < -0.39 is 5.82 Å². The molecule has 3 aromatic rings. The van der Waals surface area contributed by atoms with E-state index in [1.54, 1.807) is 24.5 Å². The maximum absolute atomic E-state index is 14.6. The Balaban J connectivity index is 1.93. The first-order valence-electron chi connectivity index (χ1n) is 7.64. The van der Waals surface area contributed by atoms with Crippen molar-refractivity contribution in [3.63, 3.8) is 0 Å². The number of anilines is 1. The molecule has 6 nitrogen and oxygen atoms in total. The SMILES string of the molecule is N#Cc1cccc(-c2c[nH]c3nncc(N4CCOCC4)c23)c1F. The molecule has 2 aromatic heterocycles. The van der Waals surface area contributed by atoms with Crippen LogP contribution in [0.3, 0.4) is 0 Å². The van der Waals surface area contributed by atoms with Gasteiger partial charge in [-0.2, -0.15) is 10.4 Å². The zero-order valence-electron chi connectivity index (χ0n) is 12.8. The number of nitriles is 1. The molecular formula is C17H14FN5O. The predicted octanol–water partition coefficient (Wildman–Crippen LogP) is 2.47. The number of aromatic nitrogens is 3. The van der Waals surface area contributed by atoms with Gasteiger partial charge in [0.25, 0.3) is 0 Å². The van der Waals surface area contributed by atoms with Crippen molar-refractivity contribution in [2.75, 3.05) is 31.2 Å². The zero-order chi connectivity index (χ0) is 16.5. The summed E-state index contributed by atoms with van der Waals surface area (Å²) in [4.78, 5) is 5.21. The number of aromatic amines is 1. The van der Waals surface area contributed by atoms with Crippen LogP contribution < -0.4 is 4.90 Å². The van der Waals surface area contributed by atoms with Crippen LogP contribution in [0.1, 0.15) is 5.56 Å². The molecule has 0 bridgehead atoms. The Hall–Kier alpha value is -2.98. The van der Waals surface area contributed by atoms with Gasteiger partial charge in [0.05, 0.1) is 36.0 Å². The summed E-state index contributed by atoms with van der Waals surface area (Å²) in [7, 11) is 0. The number of benzene rings is 1. The topological polar surface area (TPSA) is 77.8 Å². The molecule has 1 aliphatic rings. The molecular weight excluding hydrogens is 309 g/mol. The second-order valence-electron chi connectivity index (χ2n) is 5.53.